The Hall–Kier alpha value is -3.53. The smallest absolute Gasteiger partial charge is 0.434 e. The molecule has 2 N–H and O–H groups in total. The summed E-state index contributed by atoms with van der Waals surface area (Å²) in [5, 5.41) is 9.00. The van der Waals surface area contributed by atoms with E-state index in [0.717, 1.165) is 6.20 Å². The molecule has 0 saturated heterocycles. The van der Waals surface area contributed by atoms with E-state index in [-0.39, 0.29) is 23.0 Å². The number of aromatic nitrogens is 2. The van der Waals surface area contributed by atoms with Crippen molar-refractivity contribution in [3.05, 3.63) is 64.9 Å². The lowest BCUT2D eigenvalue weighted by atomic mass is 10.2. The molecule has 1 heterocycles. The van der Waals surface area contributed by atoms with Crippen molar-refractivity contribution in [1.82, 2.24) is 9.78 Å². The van der Waals surface area contributed by atoms with Crippen molar-refractivity contribution in [1.29, 1.82) is 0 Å². The highest BCUT2D eigenvalue weighted by molar-refractivity contribution is 6.30. The molecule has 7 nitrogen and oxygen atoms in total. The van der Waals surface area contributed by atoms with Gasteiger partial charge < -0.3 is 15.4 Å². The van der Waals surface area contributed by atoms with Crippen molar-refractivity contribution in [3.63, 3.8) is 0 Å². The van der Waals surface area contributed by atoms with E-state index in [4.69, 9.17) is 16.3 Å². The van der Waals surface area contributed by atoms with Gasteiger partial charge in [0.1, 0.15) is 5.75 Å². The maximum Gasteiger partial charge on any atom is 0.434 e. The topological polar surface area (TPSA) is 85.2 Å². The zero-order chi connectivity index (χ0) is 22.8. The van der Waals surface area contributed by atoms with Gasteiger partial charge in [-0.25, -0.2) is 4.68 Å². The molecule has 0 aliphatic carbocycles. The third-order valence-corrected chi connectivity index (χ3v) is 4.37. The second-order valence-electron chi connectivity index (χ2n) is 6.34. The van der Waals surface area contributed by atoms with E-state index in [1.165, 1.54) is 56.5 Å². The number of carbonyl (C=O) groups is 2. The molecule has 0 aliphatic heterocycles. The van der Waals surface area contributed by atoms with Gasteiger partial charge in [-0.1, -0.05) is 11.6 Å². The van der Waals surface area contributed by atoms with Gasteiger partial charge in [0, 0.05) is 17.6 Å². The Kier molecular flexibility index (Phi) is 6.21. The number of amides is 2. The van der Waals surface area contributed by atoms with Gasteiger partial charge in [-0.2, -0.15) is 18.3 Å². The predicted molar refractivity (Wildman–Crippen MR) is 109 cm³/mol. The van der Waals surface area contributed by atoms with E-state index >= 15 is 0 Å². The van der Waals surface area contributed by atoms with Gasteiger partial charge in [-0.15, -0.1) is 0 Å². The number of benzene rings is 2. The number of anilines is 2. The number of methoxy groups -OCH3 is 1. The average molecular weight is 453 g/mol. The SMILES string of the molecule is COc1ccc(NC(C)=O)cc1NC(=O)c1cnn(-c2ccc(Cl)cc2)c1C(F)(F)F. The summed E-state index contributed by atoms with van der Waals surface area (Å²) >= 11 is 5.79. The van der Waals surface area contributed by atoms with Crippen LogP contribution in [0.3, 0.4) is 0 Å². The monoisotopic (exact) mass is 452 g/mol. The van der Waals surface area contributed by atoms with Gasteiger partial charge >= 0.3 is 6.18 Å². The fraction of sp³-hybridized carbons (Fsp3) is 0.150. The van der Waals surface area contributed by atoms with Gasteiger partial charge in [0.15, 0.2) is 5.69 Å². The van der Waals surface area contributed by atoms with Crippen molar-refractivity contribution >= 4 is 34.8 Å². The van der Waals surface area contributed by atoms with Crippen molar-refractivity contribution in [2.45, 2.75) is 13.1 Å². The first-order valence-corrected chi connectivity index (χ1v) is 9.16. The number of nitrogens with zero attached hydrogens (tertiary/aromatic N) is 2. The molecule has 2 aromatic carbocycles. The lowest BCUT2D eigenvalue weighted by Crippen LogP contribution is -2.21. The number of halogens is 4. The Morgan fingerprint density at radius 1 is 1.10 bits per heavy atom. The molecule has 11 heteroatoms. The second kappa shape index (κ2) is 8.68. The van der Waals surface area contributed by atoms with Crippen LogP contribution in [0.5, 0.6) is 5.75 Å². The molecule has 0 radical (unpaired) electrons. The van der Waals surface area contributed by atoms with Crippen LogP contribution in [0, 0.1) is 0 Å². The molecule has 0 spiro atoms. The summed E-state index contributed by atoms with van der Waals surface area (Å²) in [7, 11) is 1.34. The molecular formula is C20H16ClF3N4O3. The number of hydrogen-bond acceptors (Lipinski definition) is 4. The van der Waals surface area contributed by atoms with Crippen LogP contribution < -0.4 is 15.4 Å². The summed E-state index contributed by atoms with van der Waals surface area (Å²) in [5.74, 6) is -1.21. The molecule has 0 aliphatic rings. The van der Waals surface area contributed by atoms with E-state index in [1.54, 1.807) is 0 Å². The standard InChI is InChI=1S/C20H16ClF3N4O3/c1-11(29)26-13-5-8-17(31-2)16(9-13)27-19(30)15-10-25-28(18(15)20(22,23)24)14-6-3-12(21)4-7-14/h3-10H,1-2H3,(H,26,29)(H,27,30). The van der Waals surface area contributed by atoms with Crippen LogP contribution in [0.15, 0.2) is 48.7 Å². The van der Waals surface area contributed by atoms with E-state index in [1.807, 2.05) is 0 Å². The summed E-state index contributed by atoms with van der Waals surface area (Å²) in [5.41, 5.74) is -1.44. The van der Waals surface area contributed by atoms with Gasteiger partial charge in [-0.3, -0.25) is 9.59 Å². The van der Waals surface area contributed by atoms with E-state index < -0.39 is 23.3 Å². The van der Waals surface area contributed by atoms with E-state index in [2.05, 4.69) is 15.7 Å². The molecule has 2 amide bonds. The summed E-state index contributed by atoms with van der Waals surface area (Å²) in [6.07, 6.45) is -4.04. The van der Waals surface area contributed by atoms with E-state index in [0.29, 0.717) is 15.4 Å². The number of hydrogen-bond donors (Lipinski definition) is 2. The molecule has 0 saturated carbocycles. The highest BCUT2D eigenvalue weighted by atomic mass is 35.5. The number of rotatable bonds is 5. The molecule has 0 bridgehead atoms. The summed E-state index contributed by atoms with van der Waals surface area (Å²) < 4.78 is 47.2. The predicted octanol–water partition coefficient (Wildman–Crippen LogP) is 4.76. The minimum Gasteiger partial charge on any atom is -0.495 e. The maximum atomic E-state index is 13.8. The van der Waals surface area contributed by atoms with Crippen molar-refractivity contribution in [2.75, 3.05) is 17.7 Å². The van der Waals surface area contributed by atoms with Gasteiger partial charge in [-0.05, 0) is 42.5 Å². The van der Waals surface area contributed by atoms with Crippen LogP contribution in [0.2, 0.25) is 5.02 Å². The number of nitrogens with one attached hydrogen (secondary N) is 2. The molecule has 3 rings (SSSR count). The fourth-order valence-corrected chi connectivity index (χ4v) is 2.97. The first kappa shape index (κ1) is 22.2. The third kappa shape index (κ3) is 4.97. The van der Waals surface area contributed by atoms with Gasteiger partial charge in [0.05, 0.1) is 30.2 Å². The lowest BCUT2D eigenvalue weighted by Gasteiger charge is -2.14. The number of alkyl halides is 3. The minimum atomic E-state index is -4.87. The van der Waals surface area contributed by atoms with Crippen molar-refractivity contribution in [2.24, 2.45) is 0 Å². The first-order valence-electron chi connectivity index (χ1n) is 8.78. The van der Waals surface area contributed by atoms with Crippen LogP contribution in [0.25, 0.3) is 5.69 Å². The fourth-order valence-electron chi connectivity index (χ4n) is 2.84. The van der Waals surface area contributed by atoms with Crippen molar-refractivity contribution < 1.29 is 27.5 Å². The molecule has 3 aromatic rings. The Labute approximate surface area is 179 Å². The molecule has 0 fully saturated rings. The summed E-state index contributed by atoms with van der Waals surface area (Å²) in [6.45, 7) is 1.29. The Balaban J connectivity index is 2.01. The van der Waals surface area contributed by atoms with Crippen LogP contribution in [0.1, 0.15) is 23.0 Å². The van der Waals surface area contributed by atoms with Crippen LogP contribution in [-0.2, 0) is 11.0 Å². The molecule has 1 aromatic heterocycles. The molecule has 0 atom stereocenters. The molecular weight excluding hydrogens is 437 g/mol. The van der Waals surface area contributed by atoms with Gasteiger partial charge in [0.2, 0.25) is 5.91 Å². The molecule has 0 unspecified atom stereocenters. The molecule has 31 heavy (non-hydrogen) atoms. The quantitative estimate of drug-likeness (QED) is 0.584. The van der Waals surface area contributed by atoms with Crippen LogP contribution in [0.4, 0.5) is 24.5 Å². The zero-order valence-electron chi connectivity index (χ0n) is 16.2. The summed E-state index contributed by atoms with van der Waals surface area (Å²) in [6, 6.07) is 9.89. The number of ether oxygens (including phenoxy) is 1. The highest BCUT2D eigenvalue weighted by Crippen LogP contribution is 2.35. The van der Waals surface area contributed by atoms with Gasteiger partial charge in [0.25, 0.3) is 5.91 Å². The largest absolute Gasteiger partial charge is 0.495 e. The maximum absolute atomic E-state index is 13.8. The average Bonchev–Trinajstić information content (AvgIpc) is 3.14. The second-order valence-corrected chi connectivity index (χ2v) is 6.78. The van der Waals surface area contributed by atoms with Crippen LogP contribution >= 0.6 is 11.6 Å². The molecule has 162 valence electrons. The normalized spacial score (nSPS) is 11.2. The Morgan fingerprint density at radius 2 is 1.77 bits per heavy atom. The minimum absolute atomic E-state index is 0.0751. The van der Waals surface area contributed by atoms with Crippen LogP contribution in [-0.4, -0.2) is 28.7 Å². The third-order valence-electron chi connectivity index (χ3n) is 4.12. The Morgan fingerprint density at radius 3 is 2.35 bits per heavy atom. The zero-order valence-corrected chi connectivity index (χ0v) is 17.0. The first-order chi connectivity index (χ1) is 14.6. The van der Waals surface area contributed by atoms with E-state index in [9.17, 15) is 22.8 Å². The lowest BCUT2D eigenvalue weighted by molar-refractivity contribution is -0.143. The number of carbonyl (C=O) groups excluding carboxylic acids is 2. The summed E-state index contributed by atoms with van der Waals surface area (Å²) in [4.78, 5) is 24.0. The van der Waals surface area contributed by atoms with Crippen molar-refractivity contribution in [3.8, 4) is 11.4 Å². The Bertz CT molecular complexity index is 1130. The highest BCUT2D eigenvalue weighted by Gasteiger charge is 2.40.